The molecule has 5 nitrogen and oxygen atoms in total. The number of rotatable bonds is 7. The molecule has 3 aromatic rings. The van der Waals surface area contributed by atoms with E-state index in [1.165, 1.54) is 12.0 Å². The molecule has 0 atom stereocenters. The summed E-state index contributed by atoms with van der Waals surface area (Å²) in [6, 6.07) is 8.13. The van der Waals surface area contributed by atoms with Crippen molar-refractivity contribution in [3.05, 3.63) is 59.6 Å². The highest BCUT2D eigenvalue weighted by atomic mass is 16.3. The van der Waals surface area contributed by atoms with Crippen LogP contribution in [0, 0.1) is 0 Å². The summed E-state index contributed by atoms with van der Waals surface area (Å²) >= 11 is 0. The first kappa shape index (κ1) is 17.5. The number of ketones is 1. The topological polar surface area (TPSA) is 68.0 Å². The van der Waals surface area contributed by atoms with Crippen LogP contribution in [0.2, 0.25) is 0 Å². The zero-order valence-electron chi connectivity index (χ0n) is 15.3. The molecule has 0 aromatic carbocycles. The van der Waals surface area contributed by atoms with Crippen molar-refractivity contribution in [3.8, 4) is 0 Å². The average Bonchev–Trinajstić information content (AvgIpc) is 3.17. The van der Waals surface area contributed by atoms with E-state index in [0.717, 1.165) is 54.7 Å². The number of anilines is 1. The molecule has 0 saturated carbocycles. The van der Waals surface area contributed by atoms with Gasteiger partial charge in [0.05, 0.1) is 6.26 Å². The van der Waals surface area contributed by atoms with Crippen LogP contribution in [0.25, 0.3) is 17.2 Å². The van der Waals surface area contributed by atoms with Gasteiger partial charge in [-0.2, -0.15) is 0 Å². The Morgan fingerprint density at radius 2 is 2.22 bits per heavy atom. The third kappa shape index (κ3) is 4.42. The van der Waals surface area contributed by atoms with Gasteiger partial charge in [-0.25, -0.2) is 9.97 Å². The Kier molecular flexibility index (Phi) is 5.28. The van der Waals surface area contributed by atoms with Crippen LogP contribution in [0.1, 0.15) is 42.5 Å². The lowest BCUT2D eigenvalue weighted by Crippen LogP contribution is -2.14. The molecule has 0 radical (unpaired) electrons. The van der Waals surface area contributed by atoms with Crippen molar-refractivity contribution in [2.45, 2.75) is 38.5 Å². The van der Waals surface area contributed by atoms with Crippen LogP contribution in [-0.2, 0) is 17.6 Å². The van der Waals surface area contributed by atoms with E-state index in [0.29, 0.717) is 12.1 Å². The summed E-state index contributed by atoms with van der Waals surface area (Å²) < 4.78 is 5.22. The van der Waals surface area contributed by atoms with Gasteiger partial charge in [-0.1, -0.05) is 6.07 Å². The van der Waals surface area contributed by atoms with E-state index >= 15 is 0 Å². The van der Waals surface area contributed by atoms with E-state index in [2.05, 4.69) is 22.4 Å². The predicted molar refractivity (Wildman–Crippen MR) is 107 cm³/mol. The molecule has 5 heteroatoms. The second-order valence-corrected chi connectivity index (χ2v) is 6.93. The minimum Gasteiger partial charge on any atom is -0.446 e. The van der Waals surface area contributed by atoms with Gasteiger partial charge in [-0.3, -0.25) is 4.79 Å². The molecular weight excluding hydrogens is 338 g/mol. The second kappa shape index (κ2) is 8.16. The third-order valence-electron chi connectivity index (χ3n) is 4.85. The quantitative estimate of drug-likeness (QED) is 0.493. The van der Waals surface area contributed by atoms with E-state index < -0.39 is 0 Å². The maximum Gasteiger partial charge on any atom is 0.225 e. The number of fused-ring (bicyclic) bond motifs is 2. The number of allylic oxidation sites excluding steroid dienone is 1. The first-order chi connectivity index (χ1) is 13.3. The Labute approximate surface area is 158 Å². The second-order valence-electron chi connectivity index (χ2n) is 6.93. The zero-order chi connectivity index (χ0) is 18.5. The van der Waals surface area contributed by atoms with Gasteiger partial charge >= 0.3 is 0 Å². The largest absolute Gasteiger partial charge is 0.446 e. The van der Waals surface area contributed by atoms with E-state index in [1.54, 1.807) is 18.5 Å². The molecule has 0 fully saturated rings. The highest BCUT2D eigenvalue weighted by Gasteiger charge is 2.10. The highest BCUT2D eigenvalue weighted by molar-refractivity contribution is 5.93. The molecule has 27 heavy (non-hydrogen) atoms. The Morgan fingerprint density at radius 3 is 3.19 bits per heavy atom. The number of hydrogen-bond donors (Lipinski definition) is 1. The number of nitrogens with one attached hydrogen (secondary N) is 1. The van der Waals surface area contributed by atoms with Crippen LogP contribution in [0.5, 0.6) is 0 Å². The fourth-order valence-corrected chi connectivity index (χ4v) is 3.35. The fraction of sp³-hybridized carbons (Fsp3) is 0.318. The SMILES string of the molecule is O=C(C=Cc1cnc2occc2c1)CCCCc1ccc2c(n1)NCCC2. The number of unbranched alkanes of at least 4 members (excludes halogenated alkanes) is 1. The predicted octanol–water partition coefficient (Wildman–Crippen LogP) is 4.58. The number of aromatic nitrogens is 2. The maximum atomic E-state index is 12.1. The Balaban J connectivity index is 1.23. The van der Waals surface area contributed by atoms with Crippen molar-refractivity contribution in [2.24, 2.45) is 0 Å². The normalized spacial score (nSPS) is 13.6. The Bertz CT molecular complexity index is 975. The summed E-state index contributed by atoms with van der Waals surface area (Å²) in [4.78, 5) is 21.0. The molecule has 0 bridgehead atoms. The molecule has 1 aliphatic rings. The molecule has 0 aliphatic carbocycles. The van der Waals surface area contributed by atoms with Crippen LogP contribution in [-0.4, -0.2) is 22.3 Å². The lowest BCUT2D eigenvalue weighted by Gasteiger charge is -2.17. The summed E-state index contributed by atoms with van der Waals surface area (Å²) in [6.07, 6.45) is 12.4. The summed E-state index contributed by atoms with van der Waals surface area (Å²) in [7, 11) is 0. The van der Waals surface area contributed by atoms with E-state index in [9.17, 15) is 4.79 Å². The first-order valence-electron chi connectivity index (χ1n) is 9.55. The molecule has 4 heterocycles. The van der Waals surface area contributed by atoms with E-state index in [4.69, 9.17) is 9.40 Å². The van der Waals surface area contributed by atoms with Crippen molar-refractivity contribution in [1.82, 2.24) is 9.97 Å². The van der Waals surface area contributed by atoms with Gasteiger partial charge in [-0.05, 0) is 73.6 Å². The van der Waals surface area contributed by atoms with E-state index in [-0.39, 0.29) is 5.78 Å². The Hall–Kier alpha value is -2.95. The molecule has 3 aromatic heterocycles. The summed E-state index contributed by atoms with van der Waals surface area (Å²) in [5.74, 6) is 1.18. The molecule has 0 spiro atoms. The van der Waals surface area contributed by atoms with Crippen LogP contribution < -0.4 is 5.32 Å². The molecule has 4 rings (SSSR count). The van der Waals surface area contributed by atoms with Crippen molar-refractivity contribution in [2.75, 3.05) is 11.9 Å². The minimum atomic E-state index is 0.141. The first-order valence-corrected chi connectivity index (χ1v) is 9.55. The van der Waals surface area contributed by atoms with Gasteiger partial charge < -0.3 is 9.73 Å². The molecule has 0 amide bonds. The smallest absolute Gasteiger partial charge is 0.225 e. The minimum absolute atomic E-state index is 0.141. The molecule has 1 N–H and O–H groups in total. The van der Waals surface area contributed by atoms with Gasteiger partial charge in [0, 0.05) is 30.2 Å². The molecule has 1 aliphatic heterocycles. The van der Waals surface area contributed by atoms with Gasteiger partial charge in [0.25, 0.3) is 0 Å². The average molecular weight is 361 g/mol. The van der Waals surface area contributed by atoms with Crippen LogP contribution >= 0.6 is 0 Å². The van der Waals surface area contributed by atoms with Crippen molar-refractivity contribution >= 4 is 28.8 Å². The highest BCUT2D eigenvalue weighted by Crippen LogP contribution is 2.20. The summed E-state index contributed by atoms with van der Waals surface area (Å²) in [6.45, 7) is 1.01. The number of carbonyl (C=O) groups excluding carboxylic acids is 1. The summed E-state index contributed by atoms with van der Waals surface area (Å²) in [5.41, 5.74) is 3.94. The lowest BCUT2D eigenvalue weighted by atomic mass is 10.0. The van der Waals surface area contributed by atoms with Crippen LogP contribution in [0.3, 0.4) is 0 Å². The number of nitrogens with zero attached hydrogens (tertiary/aromatic N) is 2. The number of aryl methyl sites for hydroxylation is 2. The van der Waals surface area contributed by atoms with Crippen molar-refractivity contribution in [3.63, 3.8) is 0 Å². The number of hydrogen-bond acceptors (Lipinski definition) is 5. The van der Waals surface area contributed by atoms with Gasteiger partial charge in [0.1, 0.15) is 5.82 Å². The Morgan fingerprint density at radius 1 is 1.26 bits per heavy atom. The molecule has 0 unspecified atom stereocenters. The number of furan rings is 1. The van der Waals surface area contributed by atoms with E-state index in [1.807, 2.05) is 18.2 Å². The van der Waals surface area contributed by atoms with Crippen molar-refractivity contribution < 1.29 is 9.21 Å². The third-order valence-corrected chi connectivity index (χ3v) is 4.85. The summed E-state index contributed by atoms with van der Waals surface area (Å²) in [5, 5.41) is 4.31. The van der Waals surface area contributed by atoms with Gasteiger partial charge in [-0.15, -0.1) is 0 Å². The molecule has 0 saturated heterocycles. The van der Waals surface area contributed by atoms with Crippen molar-refractivity contribution in [1.29, 1.82) is 0 Å². The maximum absolute atomic E-state index is 12.1. The monoisotopic (exact) mass is 361 g/mol. The van der Waals surface area contributed by atoms with Gasteiger partial charge in [0.15, 0.2) is 5.78 Å². The lowest BCUT2D eigenvalue weighted by molar-refractivity contribution is -0.114. The standard InChI is InChI=1S/C22H23N3O2/c26-20(10-7-16-14-18-11-13-27-22(18)24-15-16)6-2-1-5-19-9-8-17-4-3-12-23-21(17)25-19/h7-11,13-15H,1-6,12H2,(H,23,25). The molecular formula is C22H23N3O2. The van der Waals surface area contributed by atoms with Crippen LogP contribution in [0.4, 0.5) is 5.82 Å². The molecule has 138 valence electrons. The van der Waals surface area contributed by atoms with Crippen LogP contribution in [0.15, 0.2) is 47.2 Å². The van der Waals surface area contributed by atoms with Gasteiger partial charge in [0.2, 0.25) is 5.71 Å². The number of carbonyl (C=O) groups is 1. The fourth-order valence-electron chi connectivity index (χ4n) is 3.35. The number of pyridine rings is 2. The zero-order valence-corrected chi connectivity index (χ0v) is 15.3.